The van der Waals surface area contributed by atoms with Crippen molar-refractivity contribution < 1.29 is 14.5 Å². The predicted molar refractivity (Wildman–Crippen MR) is 108 cm³/mol. The van der Waals surface area contributed by atoms with Gasteiger partial charge in [-0.2, -0.15) is 0 Å². The van der Waals surface area contributed by atoms with Crippen LogP contribution in [0.5, 0.6) is 0 Å². The fourth-order valence-corrected chi connectivity index (χ4v) is 4.05. The number of hydrogen-bond acceptors (Lipinski definition) is 5. The standard InChI is InChI=1S/C19H26N4O4.ClH/c1-13-11-14(7-8-16(13)23(26)27)18(24)22-10-4-6-17(22)19(25)21-9-3-5-15(12-21)20-2;/h7-8,11,15,17,20H,3-6,9-10,12H2,1-2H3;1H. The highest BCUT2D eigenvalue weighted by Gasteiger charge is 2.38. The van der Waals surface area contributed by atoms with Crippen molar-refractivity contribution in [2.75, 3.05) is 26.7 Å². The summed E-state index contributed by atoms with van der Waals surface area (Å²) >= 11 is 0. The van der Waals surface area contributed by atoms with Gasteiger partial charge in [0.05, 0.1) is 4.92 Å². The number of amides is 2. The molecular weight excluding hydrogens is 384 g/mol. The lowest BCUT2D eigenvalue weighted by Gasteiger charge is -2.36. The lowest BCUT2D eigenvalue weighted by molar-refractivity contribution is -0.385. The number of nitrogens with one attached hydrogen (secondary N) is 1. The van der Waals surface area contributed by atoms with E-state index in [0.717, 1.165) is 25.8 Å². The molecule has 0 saturated carbocycles. The molecule has 2 fully saturated rings. The number of nitro groups is 1. The second kappa shape index (κ2) is 9.34. The molecule has 9 heteroatoms. The van der Waals surface area contributed by atoms with Crippen LogP contribution in [0.25, 0.3) is 0 Å². The molecule has 3 rings (SSSR count). The Labute approximate surface area is 170 Å². The number of likely N-dealkylation sites (tertiary alicyclic amines) is 2. The molecule has 2 aliphatic heterocycles. The SMILES string of the molecule is CNC1CCCN(C(=O)C2CCCN2C(=O)c2ccc([N+](=O)[O-])c(C)c2)C1.Cl. The minimum Gasteiger partial charge on any atom is -0.339 e. The van der Waals surface area contributed by atoms with Gasteiger partial charge < -0.3 is 15.1 Å². The van der Waals surface area contributed by atoms with E-state index in [0.29, 0.717) is 36.7 Å². The zero-order chi connectivity index (χ0) is 19.6. The lowest BCUT2D eigenvalue weighted by Crippen LogP contribution is -2.53. The molecule has 0 aliphatic carbocycles. The molecule has 2 unspecified atom stereocenters. The highest BCUT2D eigenvalue weighted by Crippen LogP contribution is 2.25. The molecule has 1 N–H and O–H groups in total. The van der Waals surface area contributed by atoms with E-state index in [1.807, 2.05) is 11.9 Å². The fraction of sp³-hybridized carbons (Fsp3) is 0.579. The molecule has 2 heterocycles. The molecule has 0 aromatic heterocycles. The Hall–Kier alpha value is -2.19. The zero-order valence-corrected chi connectivity index (χ0v) is 17.0. The van der Waals surface area contributed by atoms with Gasteiger partial charge in [0.2, 0.25) is 5.91 Å². The molecule has 8 nitrogen and oxygen atoms in total. The Morgan fingerprint density at radius 1 is 1.21 bits per heavy atom. The Kier molecular flexibility index (Phi) is 7.37. The van der Waals surface area contributed by atoms with E-state index in [1.165, 1.54) is 18.2 Å². The lowest BCUT2D eigenvalue weighted by atomic mass is 10.0. The van der Waals surface area contributed by atoms with E-state index in [1.54, 1.807) is 11.8 Å². The maximum absolute atomic E-state index is 13.0. The molecular formula is C19H27ClN4O4. The first kappa shape index (κ1) is 22.1. The van der Waals surface area contributed by atoms with Gasteiger partial charge in [0.25, 0.3) is 11.6 Å². The molecule has 154 valence electrons. The molecule has 2 amide bonds. The third kappa shape index (κ3) is 4.44. The van der Waals surface area contributed by atoms with E-state index in [-0.39, 0.29) is 29.9 Å². The van der Waals surface area contributed by atoms with E-state index in [2.05, 4.69) is 5.32 Å². The molecule has 28 heavy (non-hydrogen) atoms. The largest absolute Gasteiger partial charge is 0.339 e. The summed E-state index contributed by atoms with van der Waals surface area (Å²) in [4.78, 5) is 40.0. The van der Waals surface area contributed by atoms with Crippen molar-refractivity contribution in [3.05, 3.63) is 39.4 Å². The molecule has 0 bridgehead atoms. The minimum absolute atomic E-state index is 0. The maximum atomic E-state index is 13.0. The number of nitrogens with zero attached hydrogens (tertiary/aromatic N) is 3. The third-order valence-corrected chi connectivity index (χ3v) is 5.58. The van der Waals surface area contributed by atoms with Gasteiger partial charge in [0, 0.05) is 42.9 Å². The van der Waals surface area contributed by atoms with E-state index >= 15 is 0 Å². The number of likely N-dealkylation sites (N-methyl/N-ethyl adjacent to an activating group) is 1. The summed E-state index contributed by atoms with van der Waals surface area (Å²) in [5.74, 6) is -0.217. The highest BCUT2D eigenvalue weighted by molar-refractivity contribution is 5.98. The number of aryl methyl sites for hydroxylation is 1. The average Bonchev–Trinajstić information content (AvgIpc) is 3.16. The summed E-state index contributed by atoms with van der Waals surface area (Å²) in [6.45, 7) is 3.55. The number of nitro benzene ring substituents is 1. The molecule has 2 atom stereocenters. The van der Waals surface area contributed by atoms with Gasteiger partial charge in [-0.05, 0) is 51.8 Å². The summed E-state index contributed by atoms with van der Waals surface area (Å²) in [5.41, 5.74) is 0.831. The van der Waals surface area contributed by atoms with Crippen LogP contribution in [0.3, 0.4) is 0 Å². The van der Waals surface area contributed by atoms with Crippen LogP contribution in [-0.4, -0.2) is 65.3 Å². The highest BCUT2D eigenvalue weighted by atomic mass is 35.5. The first-order valence-corrected chi connectivity index (χ1v) is 9.44. The number of rotatable bonds is 4. The Morgan fingerprint density at radius 3 is 2.57 bits per heavy atom. The molecule has 2 saturated heterocycles. The number of benzene rings is 1. The van der Waals surface area contributed by atoms with Gasteiger partial charge in [-0.15, -0.1) is 12.4 Å². The number of carbonyl (C=O) groups excluding carboxylic acids is 2. The first-order chi connectivity index (χ1) is 12.9. The normalized spacial score (nSPS) is 21.9. The van der Waals surface area contributed by atoms with Crippen molar-refractivity contribution in [2.45, 2.75) is 44.7 Å². The van der Waals surface area contributed by atoms with Gasteiger partial charge in [-0.25, -0.2) is 0 Å². The summed E-state index contributed by atoms with van der Waals surface area (Å²) in [5, 5.41) is 14.2. The number of hydrogen-bond donors (Lipinski definition) is 1. The van der Waals surface area contributed by atoms with E-state index in [9.17, 15) is 19.7 Å². The van der Waals surface area contributed by atoms with Gasteiger partial charge in [0.15, 0.2) is 0 Å². The van der Waals surface area contributed by atoms with Crippen molar-refractivity contribution >= 4 is 29.9 Å². The monoisotopic (exact) mass is 410 g/mol. The molecule has 1 aromatic carbocycles. The molecule has 0 spiro atoms. The topological polar surface area (TPSA) is 95.8 Å². The Bertz CT molecular complexity index is 757. The van der Waals surface area contributed by atoms with Gasteiger partial charge in [0.1, 0.15) is 6.04 Å². The first-order valence-electron chi connectivity index (χ1n) is 9.44. The fourth-order valence-electron chi connectivity index (χ4n) is 4.05. The van der Waals surface area contributed by atoms with E-state index < -0.39 is 11.0 Å². The second-order valence-electron chi connectivity index (χ2n) is 7.33. The Morgan fingerprint density at radius 2 is 1.93 bits per heavy atom. The van der Waals surface area contributed by atoms with Gasteiger partial charge in [-0.1, -0.05) is 0 Å². The van der Waals surface area contributed by atoms with Crippen molar-refractivity contribution in [3.63, 3.8) is 0 Å². The second-order valence-corrected chi connectivity index (χ2v) is 7.33. The van der Waals surface area contributed by atoms with Crippen molar-refractivity contribution in [2.24, 2.45) is 0 Å². The van der Waals surface area contributed by atoms with Crippen molar-refractivity contribution in [1.82, 2.24) is 15.1 Å². The van der Waals surface area contributed by atoms with Gasteiger partial charge >= 0.3 is 0 Å². The van der Waals surface area contributed by atoms with Crippen LogP contribution in [-0.2, 0) is 4.79 Å². The van der Waals surface area contributed by atoms with Crippen LogP contribution in [0, 0.1) is 17.0 Å². The summed E-state index contributed by atoms with van der Waals surface area (Å²) in [6, 6.07) is 4.23. The van der Waals surface area contributed by atoms with Crippen LogP contribution in [0.4, 0.5) is 5.69 Å². The number of piperidine rings is 1. The summed E-state index contributed by atoms with van der Waals surface area (Å²) in [7, 11) is 1.90. The smallest absolute Gasteiger partial charge is 0.272 e. The summed E-state index contributed by atoms with van der Waals surface area (Å²) in [6.07, 6.45) is 3.46. The predicted octanol–water partition coefficient (Wildman–Crippen LogP) is 2.14. The van der Waals surface area contributed by atoms with Crippen molar-refractivity contribution in [3.8, 4) is 0 Å². The van der Waals surface area contributed by atoms with Gasteiger partial charge in [-0.3, -0.25) is 19.7 Å². The molecule has 2 aliphatic rings. The molecule has 0 radical (unpaired) electrons. The van der Waals surface area contributed by atoms with Crippen LogP contribution in [0.15, 0.2) is 18.2 Å². The minimum atomic E-state index is -0.458. The van der Waals surface area contributed by atoms with Crippen LogP contribution in [0.2, 0.25) is 0 Å². The average molecular weight is 411 g/mol. The van der Waals surface area contributed by atoms with Crippen LogP contribution < -0.4 is 5.32 Å². The zero-order valence-electron chi connectivity index (χ0n) is 16.2. The summed E-state index contributed by atoms with van der Waals surface area (Å²) < 4.78 is 0. The quantitative estimate of drug-likeness (QED) is 0.606. The van der Waals surface area contributed by atoms with Crippen LogP contribution >= 0.6 is 12.4 Å². The third-order valence-electron chi connectivity index (χ3n) is 5.58. The molecule has 1 aromatic rings. The van der Waals surface area contributed by atoms with E-state index in [4.69, 9.17) is 0 Å². The Balaban J connectivity index is 0.00000280. The van der Waals surface area contributed by atoms with Crippen LogP contribution in [0.1, 0.15) is 41.6 Å². The number of halogens is 1. The number of carbonyl (C=O) groups is 2. The maximum Gasteiger partial charge on any atom is 0.272 e. The van der Waals surface area contributed by atoms with Crippen molar-refractivity contribution in [1.29, 1.82) is 0 Å².